The van der Waals surface area contributed by atoms with Crippen LogP contribution in [0, 0.1) is 0 Å². The van der Waals surface area contributed by atoms with E-state index in [0.29, 0.717) is 10.9 Å². The van der Waals surface area contributed by atoms with Crippen molar-refractivity contribution in [1.29, 1.82) is 0 Å². The van der Waals surface area contributed by atoms with Crippen molar-refractivity contribution in [3.8, 4) is 0 Å². The Morgan fingerprint density at radius 1 is 1.43 bits per heavy atom. The first kappa shape index (κ1) is 8.74. The van der Waals surface area contributed by atoms with Crippen LogP contribution in [0.2, 0.25) is 5.02 Å². The third-order valence-electron chi connectivity index (χ3n) is 2.50. The second kappa shape index (κ2) is 2.97. The monoisotopic (exact) mass is 271 g/mol. The maximum atomic E-state index is 5.96. The summed E-state index contributed by atoms with van der Waals surface area (Å²) in [6, 6.07) is 3.79. The maximum absolute atomic E-state index is 5.96. The van der Waals surface area contributed by atoms with Gasteiger partial charge in [-0.1, -0.05) is 16.8 Å². The second-order valence-corrected chi connectivity index (χ2v) is 4.87. The normalized spacial score (nSPS) is 16.4. The minimum Gasteiger partial charge on any atom is -0.356 e. The van der Waals surface area contributed by atoms with E-state index in [0.717, 1.165) is 21.1 Å². The first-order valence-corrected chi connectivity index (χ1v) is 5.67. The van der Waals surface area contributed by atoms with Gasteiger partial charge in [-0.05, 0) is 34.8 Å². The maximum Gasteiger partial charge on any atom is 0.168 e. The van der Waals surface area contributed by atoms with Gasteiger partial charge >= 0.3 is 0 Å². The molecule has 1 saturated carbocycles. The number of benzene rings is 1. The van der Waals surface area contributed by atoms with E-state index in [9.17, 15) is 0 Å². The number of nitrogens with zero attached hydrogens (tertiary/aromatic N) is 1. The fourth-order valence-corrected chi connectivity index (χ4v) is 2.10. The summed E-state index contributed by atoms with van der Waals surface area (Å²) < 4.78 is 6.13. The fraction of sp³-hybridized carbons (Fsp3) is 0.300. The zero-order valence-electron chi connectivity index (χ0n) is 7.26. The van der Waals surface area contributed by atoms with E-state index in [4.69, 9.17) is 16.1 Å². The molecular formula is C10H7BrClNO. The van der Waals surface area contributed by atoms with Crippen LogP contribution in [0.4, 0.5) is 0 Å². The van der Waals surface area contributed by atoms with Crippen LogP contribution >= 0.6 is 27.5 Å². The third kappa shape index (κ3) is 1.27. The molecule has 0 bridgehead atoms. The van der Waals surface area contributed by atoms with Gasteiger partial charge in [0.15, 0.2) is 5.58 Å². The van der Waals surface area contributed by atoms with Gasteiger partial charge in [-0.3, -0.25) is 0 Å². The molecule has 0 amide bonds. The Kier molecular flexibility index (Phi) is 1.86. The zero-order chi connectivity index (χ0) is 9.71. The van der Waals surface area contributed by atoms with E-state index in [1.54, 1.807) is 6.07 Å². The van der Waals surface area contributed by atoms with Gasteiger partial charge in [-0.25, -0.2) is 0 Å². The van der Waals surface area contributed by atoms with Crippen molar-refractivity contribution in [3.63, 3.8) is 0 Å². The predicted octanol–water partition coefficient (Wildman–Crippen LogP) is 4.12. The summed E-state index contributed by atoms with van der Waals surface area (Å²) in [5, 5.41) is 5.83. The topological polar surface area (TPSA) is 26.0 Å². The minimum atomic E-state index is 0.601. The summed E-state index contributed by atoms with van der Waals surface area (Å²) in [7, 11) is 0. The summed E-state index contributed by atoms with van der Waals surface area (Å²) in [4.78, 5) is 0. The highest BCUT2D eigenvalue weighted by atomic mass is 79.9. The quantitative estimate of drug-likeness (QED) is 0.780. The Hall–Kier alpha value is -0.540. The van der Waals surface area contributed by atoms with Crippen molar-refractivity contribution in [2.24, 2.45) is 0 Å². The number of halogens is 2. The molecule has 1 aliphatic rings. The number of fused-ring (bicyclic) bond motifs is 1. The molecule has 0 atom stereocenters. The third-order valence-corrected chi connectivity index (χ3v) is 3.70. The highest BCUT2D eigenvalue weighted by molar-refractivity contribution is 9.10. The van der Waals surface area contributed by atoms with Crippen LogP contribution in [-0.2, 0) is 0 Å². The molecule has 4 heteroatoms. The van der Waals surface area contributed by atoms with E-state index in [-0.39, 0.29) is 0 Å². The lowest BCUT2D eigenvalue weighted by molar-refractivity contribution is 0.446. The molecule has 0 spiro atoms. The highest BCUT2D eigenvalue weighted by Crippen LogP contribution is 2.43. The zero-order valence-corrected chi connectivity index (χ0v) is 9.60. The van der Waals surface area contributed by atoms with Gasteiger partial charge in [-0.2, -0.15) is 0 Å². The van der Waals surface area contributed by atoms with Crippen molar-refractivity contribution < 1.29 is 4.52 Å². The molecule has 1 aromatic heterocycles. The van der Waals surface area contributed by atoms with Crippen molar-refractivity contribution in [2.75, 3.05) is 0 Å². The fourth-order valence-electron chi connectivity index (χ4n) is 1.60. The molecule has 0 unspecified atom stereocenters. The molecule has 0 radical (unpaired) electrons. The van der Waals surface area contributed by atoms with Gasteiger partial charge in [0.2, 0.25) is 0 Å². The first-order valence-electron chi connectivity index (χ1n) is 4.50. The predicted molar refractivity (Wildman–Crippen MR) is 58.7 cm³/mol. The Morgan fingerprint density at radius 2 is 2.21 bits per heavy atom. The lowest BCUT2D eigenvalue weighted by Gasteiger charge is -1.95. The van der Waals surface area contributed by atoms with E-state index in [2.05, 4.69) is 21.1 Å². The average molecular weight is 273 g/mol. The number of aromatic nitrogens is 1. The number of rotatable bonds is 1. The van der Waals surface area contributed by atoms with Crippen molar-refractivity contribution >= 4 is 38.5 Å². The van der Waals surface area contributed by atoms with Crippen LogP contribution in [-0.4, -0.2) is 5.16 Å². The standard InChI is InChI=1S/C10H7BrClNO/c11-7-3-6-9(4-8(7)12)14-13-10(6)5-1-2-5/h3-5H,1-2H2. The molecule has 1 fully saturated rings. The summed E-state index contributed by atoms with van der Waals surface area (Å²) in [5.74, 6) is 0.601. The Bertz CT molecular complexity index is 504. The van der Waals surface area contributed by atoms with Crippen LogP contribution in [0.3, 0.4) is 0 Å². The number of hydrogen-bond donors (Lipinski definition) is 0. The Balaban J connectivity index is 2.29. The lowest BCUT2D eigenvalue weighted by Crippen LogP contribution is -1.78. The Labute approximate surface area is 94.3 Å². The molecule has 1 aliphatic carbocycles. The molecule has 0 N–H and O–H groups in total. The highest BCUT2D eigenvalue weighted by Gasteiger charge is 2.29. The van der Waals surface area contributed by atoms with Crippen molar-refractivity contribution in [1.82, 2.24) is 5.16 Å². The molecule has 1 aromatic carbocycles. The van der Waals surface area contributed by atoms with Crippen LogP contribution in [0.15, 0.2) is 21.1 Å². The molecule has 3 rings (SSSR count). The Morgan fingerprint density at radius 3 is 2.93 bits per heavy atom. The molecule has 0 saturated heterocycles. The van der Waals surface area contributed by atoms with Gasteiger partial charge in [-0.15, -0.1) is 0 Å². The first-order chi connectivity index (χ1) is 6.75. The lowest BCUT2D eigenvalue weighted by atomic mass is 10.1. The van der Waals surface area contributed by atoms with E-state index in [1.807, 2.05) is 6.07 Å². The van der Waals surface area contributed by atoms with E-state index in [1.165, 1.54) is 12.8 Å². The van der Waals surface area contributed by atoms with Gasteiger partial charge in [0, 0.05) is 21.8 Å². The van der Waals surface area contributed by atoms with Gasteiger partial charge in [0.1, 0.15) is 0 Å². The molecule has 1 heterocycles. The van der Waals surface area contributed by atoms with Crippen LogP contribution in [0.25, 0.3) is 11.0 Å². The largest absolute Gasteiger partial charge is 0.356 e. The summed E-state index contributed by atoms with van der Waals surface area (Å²) in [6.07, 6.45) is 2.45. The summed E-state index contributed by atoms with van der Waals surface area (Å²) >= 11 is 9.36. The molecule has 14 heavy (non-hydrogen) atoms. The molecule has 2 nitrogen and oxygen atoms in total. The SMILES string of the molecule is Clc1cc2onc(C3CC3)c2cc1Br. The smallest absolute Gasteiger partial charge is 0.168 e. The molecule has 0 aliphatic heterocycles. The van der Waals surface area contributed by atoms with Gasteiger partial charge in [0.25, 0.3) is 0 Å². The van der Waals surface area contributed by atoms with E-state index >= 15 is 0 Å². The summed E-state index contributed by atoms with van der Waals surface area (Å²) in [6.45, 7) is 0. The van der Waals surface area contributed by atoms with Crippen LogP contribution in [0.5, 0.6) is 0 Å². The second-order valence-electron chi connectivity index (χ2n) is 3.60. The molecule has 72 valence electrons. The minimum absolute atomic E-state index is 0.601. The van der Waals surface area contributed by atoms with Crippen LogP contribution in [0.1, 0.15) is 24.5 Å². The summed E-state index contributed by atoms with van der Waals surface area (Å²) in [5.41, 5.74) is 1.86. The van der Waals surface area contributed by atoms with Gasteiger partial charge < -0.3 is 4.52 Å². The molecular weight excluding hydrogens is 265 g/mol. The van der Waals surface area contributed by atoms with Gasteiger partial charge in [0.05, 0.1) is 10.7 Å². The molecule has 2 aromatic rings. The van der Waals surface area contributed by atoms with Crippen molar-refractivity contribution in [3.05, 3.63) is 27.3 Å². The number of hydrogen-bond acceptors (Lipinski definition) is 2. The average Bonchev–Trinajstić information content (AvgIpc) is 2.91. The van der Waals surface area contributed by atoms with Crippen LogP contribution < -0.4 is 0 Å². The van der Waals surface area contributed by atoms with E-state index < -0.39 is 0 Å². The van der Waals surface area contributed by atoms with Crippen molar-refractivity contribution in [2.45, 2.75) is 18.8 Å².